The van der Waals surface area contributed by atoms with Crippen molar-refractivity contribution in [2.24, 2.45) is 5.92 Å². The molecule has 3 amide bonds. The SMILES string of the molecule is CC(=O)Nc1ccc(NC(=O)[C@H](C)OC(=O)[C@H](NC(=O)c2ccccc2C)C(C)C)cc1. The zero-order chi connectivity index (χ0) is 23.8. The topological polar surface area (TPSA) is 114 Å². The minimum Gasteiger partial charge on any atom is -0.451 e. The van der Waals surface area contributed by atoms with E-state index in [0.29, 0.717) is 16.9 Å². The maximum absolute atomic E-state index is 12.7. The molecule has 3 N–H and O–H groups in total. The molecule has 0 saturated heterocycles. The molecule has 0 heterocycles. The standard InChI is InChI=1S/C24H29N3O5/c1-14(2)21(27-23(30)20-9-7-6-8-15(20)3)24(31)32-16(4)22(29)26-19-12-10-18(11-13-19)25-17(5)28/h6-14,16,21H,1-5H3,(H,25,28)(H,26,29)(H,27,30)/t16-,21+/m0/s1. The monoisotopic (exact) mass is 439 g/mol. The lowest BCUT2D eigenvalue weighted by Crippen LogP contribution is -2.47. The van der Waals surface area contributed by atoms with Gasteiger partial charge in [-0.2, -0.15) is 0 Å². The van der Waals surface area contributed by atoms with Gasteiger partial charge in [-0.05, 0) is 55.7 Å². The molecule has 2 atom stereocenters. The maximum Gasteiger partial charge on any atom is 0.329 e. The summed E-state index contributed by atoms with van der Waals surface area (Å²) in [5.41, 5.74) is 2.34. The first kappa shape index (κ1) is 24.6. The summed E-state index contributed by atoms with van der Waals surface area (Å²) in [7, 11) is 0. The van der Waals surface area contributed by atoms with Crippen molar-refractivity contribution in [1.82, 2.24) is 5.32 Å². The molecule has 32 heavy (non-hydrogen) atoms. The van der Waals surface area contributed by atoms with Crippen LogP contribution in [-0.4, -0.2) is 35.8 Å². The fraction of sp³-hybridized carbons (Fsp3) is 0.333. The van der Waals surface area contributed by atoms with Crippen LogP contribution in [0.3, 0.4) is 0 Å². The normalized spacial score (nSPS) is 12.4. The van der Waals surface area contributed by atoms with Gasteiger partial charge < -0.3 is 20.7 Å². The lowest BCUT2D eigenvalue weighted by molar-refractivity contribution is -0.156. The highest BCUT2D eigenvalue weighted by Crippen LogP contribution is 2.15. The van der Waals surface area contributed by atoms with Gasteiger partial charge in [0, 0.05) is 23.9 Å². The van der Waals surface area contributed by atoms with Gasteiger partial charge in [0.05, 0.1) is 0 Å². The van der Waals surface area contributed by atoms with Crippen LogP contribution in [0.4, 0.5) is 11.4 Å². The molecule has 0 spiro atoms. The molecule has 0 aromatic heterocycles. The Labute approximate surface area is 187 Å². The van der Waals surface area contributed by atoms with Gasteiger partial charge in [-0.25, -0.2) is 4.79 Å². The van der Waals surface area contributed by atoms with Crippen LogP contribution in [0.1, 0.15) is 43.6 Å². The van der Waals surface area contributed by atoms with Crippen molar-refractivity contribution in [3.05, 3.63) is 59.7 Å². The van der Waals surface area contributed by atoms with E-state index in [9.17, 15) is 19.2 Å². The number of hydrogen-bond acceptors (Lipinski definition) is 5. The van der Waals surface area contributed by atoms with Crippen LogP contribution in [0, 0.1) is 12.8 Å². The predicted octanol–water partition coefficient (Wildman–Crippen LogP) is 3.28. The lowest BCUT2D eigenvalue weighted by atomic mass is 10.0. The van der Waals surface area contributed by atoms with Crippen molar-refractivity contribution in [2.45, 2.75) is 46.8 Å². The number of amides is 3. The number of benzene rings is 2. The van der Waals surface area contributed by atoms with Crippen molar-refractivity contribution in [1.29, 1.82) is 0 Å². The molecule has 0 saturated carbocycles. The summed E-state index contributed by atoms with van der Waals surface area (Å²) in [6.07, 6.45) is -1.07. The molecule has 2 rings (SSSR count). The molecular formula is C24H29N3O5. The smallest absolute Gasteiger partial charge is 0.329 e. The van der Waals surface area contributed by atoms with Gasteiger partial charge in [-0.1, -0.05) is 32.0 Å². The number of carbonyl (C=O) groups excluding carboxylic acids is 4. The van der Waals surface area contributed by atoms with Crippen molar-refractivity contribution >= 4 is 35.1 Å². The summed E-state index contributed by atoms with van der Waals surface area (Å²) in [5.74, 6) is -2.03. The Bertz CT molecular complexity index is 985. The van der Waals surface area contributed by atoms with E-state index in [0.717, 1.165) is 5.56 Å². The Morgan fingerprint density at radius 2 is 1.41 bits per heavy atom. The molecular weight excluding hydrogens is 410 g/mol. The van der Waals surface area contributed by atoms with E-state index < -0.39 is 24.0 Å². The van der Waals surface area contributed by atoms with E-state index in [2.05, 4.69) is 16.0 Å². The highest BCUT2D eigenvalue weighted by atomic mass is 16.5. The second-order valence-electron chi connectivity index (χ2n) is 7.84. The highest BCUT2D eigenvalue weighted by molar-refractivity contribution is 5.99. The van der Waals surface area contributed by atoms with Gasteiger partial charge in [0.1, 0.15) is 6.04 Å². The molecule has 0 aliphatic heterocycles. The van der Waals surface area contributed by atoms with Crippen LogP contribution in [-0.2, 0) is 19.1 Å². The number of rotatable bonds is 8. The van der Waals surface area contributed by atoms with Gasteiger partial charge in [0.15, 0.2) is 6.10 Å². The van der Waals surface area contributed by atoms with Crippen LogP contribution < -0.4 is 16.0 Å². The van der Waals surface area contributed by atoms with E-state index in [4.69, 9.17) is 4.74 Å². The lowest BCUT2D eigenvalue weighted by Gasteiger charge is -2.23. The number of aryl methyl sites for hydroxylation is 1. The van der Waals surface area contributed by atoms with Crippen LogP contribution in [0.25, 0.3) is 0 Å². The minimum atomic E-state index is -1.07. The van der Waals surface area contributed by atoms with Crippen LogP contribution in [0.15, 0.2) is 48.5 Å². The molecule has 8 nitrogen and oxygen atoms in total. The summed E-state index contributed by atoms with van der Waals surface area (Å²) in [4.78, 5) is 48.8. The highest BCUT2D eigenvalue weighted by Gasteiger charge is 2.29. The molecule has 0 aliphatic carbocycles. The quantitative estimate of drug-likeness (QED) is 0.546. The summed E-state index contributed by atoms with van der Waals surface area (Å²) in [6.45, 7) is 8.24. The Kier molecular flexibility index (Phi) is 8.52. The first-order valence-corrected chi connectivity index (χ1v) is 10.3. The summed E-state index contributed by atoms with van der Waals surface area (Å²) < 4.78 is 5.33. The van der Waals surface area contributed by atoms with Gasteiger partial charge in [-0.3, -0.25) is 14.4 Å². The molecule has 170 valence electrons. The van der Waals surface area contributed by atoms with E-state index >= 15 is 0 Å². The first-order chi connectivity index (χ1) is 15.1. The Balaban J connectivity index is 1.98. The summed E-state index contributed by atoms with van der Waals surface area (Å²) in [6, 6.07) is 12.7. The van der Waals surface area contributed by atoms with Gasteiger partial charge >= 0.3 is 5.97 Å². The molecule has 0 radical (unpaired) electrons. The average Bonchev–Trinajstić information content (AvgIpc) is 2.72. The minimum absolute atomic E-state index is 0.198. The third-order valence-electron chi connectivity index (χ3n) is 4.73. The average molecular weight is 440 g/mol. The van der Waals surface area contributed by atoms with Gasteiger partial charge in [0.25, 0.3) is 11.8 Å². The predicted molar refractivity (Wildman–Crippen MR) is 122 cm³/mol. The number of nitrogens with one attached hydrogen (secondary N) is 3. The summed E-state index contributed by atoms with van der Waals surface area (Å²) >= 11 is 0. The largest absolute Gasteiger partial charge is 0.451 e. The zero-order valence-electron chi connectivity index (χ0n) is 18.9. The third kappa shape index (κ3) is 6.94. The Morgan fingerprint density at radius 3 is 1.94 bits per heavy atom. The maximum atomic E-state index is 12.7. The van der Waals surface area contributed by atoms with Crippen molar-refractivity contribution in [3.8, 4) is 0 Å². The second kappa shape index (κ2) is 11.1. The van der Waals surface area contributed by atoms with Gasteiger partial charge in [0.2, 0.25) is 5.91 Å². The van der Waals surface area contributed by atoms with Crippen LogP contribution in [0.2, 0.25) is 0 Å². The fourth-order valence-electron chi connectivity index (χ4n) is 2.93. The van der Waals surface area contributed by atoms with Crippen molar-refractivity contribution < 1.29 is 23.9 Å². The van der Waals surface area contributed by atoms with Crippen molar-refractivity contribution in [2.75, 3.05) is 10.6 Å². The van der Waals surface area contributed by atoms with E-state index in [1.54, 1.807) is 50.2 Å². The first-order valence-electron chi connectivity index (χ1n) is 10.3. The zero-order valence-corrected chi connectivity index (χ0v) is 18.9. The molecule has 0 unspecified atom stereocenters. The molecule has 0 fully saturated rings. The van der Waals surface area contributed by atoms with Crippen LogP contribution >= 0.6 is 0 Å². The summed E-state index contributed by atoms with van der Waals surface area (Å²) in [5, 5.41) is 8.00. The van der Waals surface area contributed by atoms with Crippen molar-refractivity contribution in [3.63, 3.8) is 0 Å². The van der Waals surface area contributed by atoms with Gasteiger partial charge in [-0.15, -0.1) is 0 Å². The number of esters is 1. The fourth-order valence-corrected chi connectivity index (χ4v) is 2.93. The Morgan fingerprint density at radius 1 is 0.844 bits per heavy atom. The molecule has 2 aromatic rings. The molecule has 0 aliphatic rings. The molecule has 8 heteroatoms. The van der Waals surface area contributed by atoms with E-state index in [-0.39, 0.29) is 17.7 Å². The van der Waals surface area contributed by atoms with E-state index in [1.165, 1.54) is 13.8 Å². The molecule has 0 bridgehead atoms. The molecule has 2 aromatic carbocycles. The number of carbonyl (C=O) groups is 4. The third-order valence-corrected chi connectivity index (χ3v) is 4.73. The van der Waals surface area contributed by atoms with E-state index in [1.807, 2.05) is 19.1 Å². The Hall–Kier alpha value is -3.68. The number of anilines is 2. The number of hydrogen-bond donors (Lipinski definition) is 3. The number of ether oxygens (including phenoxy) is 1. The van der Waals surface area contributed by atoms with Crippen LogP contribution in [0.5, 0.6) is 0 Å². The second-order valence-corrected chi connectivity index (χ2v) is 7.84.